The third-order valence-electron chi connectivity index (χ3n) is 9.89. The molecule has 0 radical (unpaired) electrons. The molecule has 0 unspecified atom stereocenters. The van der Waals surface area contributed by atoms with E-state index in [0.717, 1.165) is 60.4 Å². The highest BCUT2D eigenvalue weighted by Gasteiger charge is 2.22. The summed E-state index contributed by atoms with van der Waals surface area (Å²) in [6, 6.07) is 54.8. The number of benzene rings is 7. The molecular weight excluding hydrogens is 645 g/mol. The summed E-state index contributed by atoms with van der Waals surface area (Å²) >= 11 is 1.83. The Morgan fingerprint density at radius 3 is 1.82 bits per heavy atom. The first-order valence-corrected chi connectivity index (χ1v) is 17.8. The van der Waals surface area contributed by atoms with Crippen molar-refractivity contribution in [1.82, 2.24) is 19.5 Å². The molecule has 11 rings (SSSR count). The van der Waals surface area contributed by atoms with Gasteiger partial charge in [-0.3, -0.25) is 4.57 Å². The number of nitrogens with zero attached hydrogens (tertiary/aromatic N) is 4. The van der Waals surface area contributed by atoms with Gasteiger partial charge in [-0.2, -0.15) is 9.97 Å². The predicted molar refractivity (Wildman–Crippen MR) is 211 cm³/mol. The van der Waals surface area contributed by atoms with Gasteiger partial charge >= 0.3 is 0 Å². The van der Waals surface area contributed by atoms with Crippen molar-refractivity contribution in [3.8, 4) is 39.9 Å². The van der Waals surface area contributed by atoms with E-state index in [1.807, 2.05) is 41.7 Å². The smallest absolute Gasteiger partial charge is 0.238 e. The Labute approximate surface area is 295 Å². The molecule has 4 heterocycles. The van der Waals surface area contributed by atoms with Gasteiger partial charge in [-0.1, -0.05) is 121 Å². The van der Waals surface area contributed by atoms with Gasteiger partial charge in [-0.15, -0.1) is 11.3 Å². The zero-order valence-electron chi connectivity index (χ0n) is 27.1. The molecule has 0 spiro atoms. The first kappa shape index (κ1) is 28.2. The summed E-state index contributed by atoms with van der Waals surface area (Å²) in [5, 5.41) is 6.95. The monoisotopic (exact) mass is 670 g/mol. The zero-order chi connectivity index (χ0) is 33.5. The Balaban J connectivity index is 1.19. The lowest BCUT2D eigenvalue weighted by atomic mass is 9.95. The summed E-state index contributed by atoms with van der Waals surface area (Å²) in [7, 11) is 0. The van der Waals surface area contributed by atoms with Crippen molar-refractivity contribution in [3.63, 3.8) is 0 Å². The summed E-state index contributed by atoms with van der Waals surface area (Å²) in [5.41, 5.74) is 7.72. The first-order chi connectivity index (χ1) is 25.3. The Kier molecular flexibility index (Phi) is 6.05. The predicted octanol–water partition coefficient (Wildman–Crippen LogP) is 12.2. The van der Waals surface area contributed by atoms with E-state index < -0.39 is 0 Å². The molecule has 0 amide bonds. The Hall–Kier alpha value is -6.63. The molecule has 51 heavy (non-hydrogen) atoms. The van der Waals surface area contributed by atoms with Gasteiger partial charge in [-0.05, 0) is 47.5 Å². The molecule has 0 saturated heterocycles. The van der Waals surface area contributed by atoms with Gasteiger partial charge in [-0.25, -0.2) is 4.98 Å². The van der Waals surface area contributed by atoms with E-state index in [-0.39, 0.29) is 0 Å². The molecule has 0 N–H and O–H groups in total. The topological polar surface area (TPSA) is 56.7 Å². The summed E-state index contributed by atoms with van der Waals surface area (Å²) in [4.78, 5) is 15.5. The minimum atomic E-state index is 0.554. The van der Waals surface area contributed by atoms with Gasteiger partial charge in [0.2, 0.25) is 5.95 Å². The number of fused-ring (bicyclic) bond motifs is 9. The molecule has 0 bridgehead atoms. The Morgan fingerprint density at radius 1 is 0.431 bits per heavy atom. The number of hydrogen-bond donors (Lipinski definition) is 0. The van der Waals surface area contributed by atoms with E-state index in [2.05, 4.69) is 132 Å². The Morgan fingerprint density at radius 2 is 1.02 bits per heavy atom. The molecule has 11 aromatic rings. The molecule has 7 aromatic carbocycles. The lowest BCUT2D eigenvalue weighted by Crippen LogP contribution is -2.06. The van der Waals surface area contributed by atoms with Crippen molar-refractivity contribution in [2.45, 2.75) is 0 Å². The van der Waals surface area contributed by atoms with Crippen molar-refractivity contribution in [2.24, 2.45) is 0 Å². The van der Waals surface area contributed by atoms with Gasteiger partial charge in [0.05, 0.1) is 16.6 Å². The SMILES string of the molecule is c1ccc(-c2nc(-c3cccc4c3oc3cccc(-c5cccc6sc7ccccc7c56)c34)nc(-n3c4ccccc4c4ccccc43)n2)cc1. The number of rotatable bonds is 4. The van der Waals surface area contributed by atoms with E-state index in [0.29, 0.717) is 17.6 Å². The van der Waals surface area contributed by atoms with Crippen molar-refractivity contribution in [2.75, 3.05) is 0 Å². The number of para-hydroxylation sites is 3. The fourth-order valence-electron chi connectivity index (χ4n) is 7.69. The van der Waals surface area contributed by atoms with Crippen LogP contribution in [0.5, 0.6) is 0 Å². The molecule has 0 aliphatic heterocycles. The molecule has 0 saturated carbocycles. The molecule has 0 atom stereocenters. The van der Waals surface area contributed by atoms with Crippen LogP contribution in [0.2, 0.25) is 0 Å². The minimum absolute atomic E-state index is 0.554. The average Bonchev–Trinajstić information content (AvgIpc) is 3.88. The van der Waals surface area contributed by atoms with Gasteiger partial charge < -0.3 is 4.42 Å². The maximum absolute atomic E-state index is 6.79. The van der Waals surface area contributed by atoms with Crippen LogP contribution >= 0.6 is 11.3 Å². The van der Waals surface area contributed by atoms with E-state index in [1.54, 1.807) is 0 Å². The van der Waals surface area contributed by atoms with Crippen molar-refractivity contribution >= 4 is 75.3 Å². The average molecular weight is 671 g/mol. The van der Waals surface area contributed by atoms with E-state index >= 15 is 0 Å². The second-order valence-electron chi connectivity index (χ2n) is 12.8. The van der Waals surface area contributed by atoms with Crippen LogP contribution in [0.3, 0.4) is 0 Å². The summed E-state index contributed by atoms with van der Waals surface area (Å²) in [5.74, 6) is 1.71. The lowest BCUT2D eigenvalue weighted by Gasteiger charge is -2.11. The standard InChI is InChI=1S/C45H26N4OS/c1-2-13-27(14-3-1)43-46-44(48-45(47-43)49-35-22-7-4-15-28(35)29-16-5-8-23-36(29)49)34-21-10-20-33-40-30(18-11-24-37(40)50-42(33)34)31-19-12-26-39-41(31)32-17-6-9-25-38(32)51-39/h1-26H. The van der Waals surface area contributed by atoms with E-state index in [4.69, 9.17) is 19.4 Å². The highest BCUT2D eigenvalue weighted by Crippen LogP contribution is 2.45. The summed E-state index contributed by atoms with van der Waals surface area (Å²) in [6.45, 7) is 0. The third-order valence-corrected chi connectivity index (χ3v) is 11.0. The lowest BCUT2D eigenvalue weighted by molar-refractivity contribution is 0.669. The second kappa shape index (κ2) is 10.9. The number of aromatic nitrogens is 4. The second-order valence-corrected chi connectivity index (χ2v) is 13.8. The summed E-state index contributed by atoms with van der Waals surface area (Å²) < 4.78 is 11.5. The largest absolute Gasteiger partial charge is 0.455 e. The molecule has 0 aliphatic rings. The van der Waals surface area contributed by atoms with Crippen LogP contribution in [0.4, 0.5) is 0 Å². The van der Waals surface area contributed by atoms with Crippen LogP contribution in [0.1, 0.15) is 0 Å². The highest BCUT2D eigenvalue weighted by molar-refractivity contribution is 7.25. The molecule has 6 heteroatoms. The quantitative estimate of drug-likeness (QED) is 0.187. The molecule has 0 fully saturated rings. The van der Waals surface area contributed by atoms with Crippen LogP contribution in [0.25, 0.3) is 104 Å². The van der Waals surface area contributed by atoms with Gasteiger partial charge in [0, 0.05) is 47.3 Å². The third kappa shape index (κ3) is 4.24. The van der Waals surface area contributed by atoms with Gasteiger partial charge in [0.25, 0.3) is 0 Å². The fourth-order valence-corrected chi connectivity index (χ4v) is 8.82. The Bertz CT molecular complexity index is 3100. The van der Waals surface area contributed by atoms with E-state index in [9.17, 15) is 0 Å². The van der Waals surface area contributed by atoms with Crippen LogP contribution in [-0.4, -0.2) is 19.5 Å². The maximum atomic E-state index is 6.79. The first-order valence-electron chi connectivity index (χ1n) is 17.0. The number of hydrogen-bond acceptors (Lipinski definition) is 5. The molecule has 0 aliphatic carbocycles. The number of thiophene rings is 1. The van der Waals surface area contributed by atoms with Crippen LogP contribution < -0.4 is 0 Å². The van der Waals surface area contributed by atoms with Crippen molar-refractivity contribution < 1.29 is 4.42 Å². The molecule has 5 nitrogen and oxygen atoms in total. The fraction of sp³-hybridized carbons (Fsp3) is 0. The molecule has 4 aromatic heterocycles. The van der Waals surface area contributed by atoms with Gasteiger partial charge in [0.15, 0.2) is 11.6 Å². The zero-order valence-corrected chi connectivity index (χ0v) is 27.9. The van der Waals surface area contributed by atoms with E-state index in [1.165, 1.54) is 25.7 Å². The van der Waals surface area contributed by atoms with Crippen molar-refractivity contribution in [1.29, 1.82) is 0 Å². The van der Waals surface area contributed by atoms with Crippen LogP contribution in [0.15, 0.2) is 162 Å². The van der Waals surface area contributed by atoms with Crippen molar-refractivity contribution in [3.05, 3.63) is 158 Å². The highest BCUT2D eigenvalue weighted by atomic mass is 32.1. The maximum Gasteiger partial charge on any atom is 0.238 e. The minimum Gasteiger partial charge on any atom is -0.455 e. The molecular formula is C45H26N4OS. The van der Waals surface area contributed by atoms with Crippen LogP contribution in [-0.2, 0) is 0 Å². The summed E-state index contributed by atoms with van der Waals surface area (Å²) in [6.07, 6.45) is 0. The van der Waals surface area contributed by atoms with Gasteiger partial charge in [0.1, 0.15) is 11.2 Å². The van der Waals surface area contributed by atoms with Crippen LogP contribution in [0, 0.1) is 0 Å². The normalized spacial score (nSPS) is 11.9. The molecule has 238 valence electrons. The number of furan rings is 1.